The van der Waals surface area contributed by atoms with Gasteiger partial charge in [-0.05, 0) is 24.6 Å². The first-order valence-electron chi connectivity index (χ1n) is 6.35. The summed E-state index contributed by atoms with van der Waals surface area (Å²) in [4.78, 5) is 12.0. The third-order valence-electron chi connectivity index (χ3n) is 2.78. The molecule has 0 heterocycles. The van der Waals surface area contributed by atoms with Gasteiger partial charge in [-0.15, -0.1) is 0 Å². The molecule has 0 radical (unpaired) electrons. The summed E-state index contributed by atoms with van der Waals surface area (Å²) in [5, 5.41) is 23.7. The lowest BCUT2D eigenvalue weighted by molar-refractivity contribution is -0.112. The quantitative estimate of drug-likeness (QED) is 0.362. The van der Waals surface area contributed by atoms with Gasteiger partial charge in [0.15, 0.2) is 0 Å². The largest absolute Gasteiger partial charge is 0.399 e. The van der Waals surface area contributed by atoms with Crippen molar-refractivity contribution in [3.63, 3.8) is 0 Å². The molecule has 0 aliphatic carbocycles. The number of nitrogens with two attached hydrogens (primary N) is 1. The molecular weight excluding hydrogens is 292 g/mol. The van der Waals surface area contributed by atoms with E-state index in [2.05, 4.69) is 10.6 Å². The molecule has 0 aliphatic rings. The molecule has 21 heavy (non-hydrogen) atoms. The van der Waals surface area contributed by atoms with Crippen LogP contribution in [0.5, 0.6) is 0 Å². The Hall–Kier alpha value is -2.23. The van der Waals surface area contributed by atoms with Crippen LogP contribution in [-0.4, -0.2) is 23.7 Å². The van der Waals surface area contributed by atoms with Crippen molar-refractivity contribution in [2.75, 3.05) is 17.7 Å². The van der Waals surface area contributed by atoms with Crippen molar-refractivity contribution in [1.29, 1.82) is 5.26 Å². The van der Waals surface area contributed by atoms with Crippen LogP contribution in [0, 0.1) is 11.3 Å². The van der Waals surface area contributed by atoms with Gasteiger partial charge in [0, 0.05) is 17.9 Å². The normalized spacial score (nSPS) is 12.4. The fourth-order valence-electron chi connectivity index (χ4n) is 1.47. The number of nitrogens with one attached hydrogen (secondary N) is 2. The number of aliphatic hydroxyl groups excluding tert-OH is 1. The van der Waals surface area contributed by atoms with E-state index in [-0.39, 0.29) is 23.2 Å². The number of aliphatic hydroxyl groups is 1. The number of nitrogen functional groups attached to an aromatic ring is 1. The number of hydrogen-bond acceptors (Lipinski definition) is 5. The highest BCUT2D eigenvalue weighted by Gasteiger charge is 2.12. The zero-order valence-corrected chi connectivity index (χ0v) is 12.3. The summed E-state index contributed by atoms with van der Waals surface area (Å²) in [7, 11) is 0. The topological polar surface area (TPSA) is 111 Å². The van der Waals surface area contributed by atoms with Gasteiger partial charge >= 0.3 is 0 Å². The average Bonchev–Trinajstić information content (AvgIpc) is 2.46. The lowest BCUT2D eigenvalue weighted by Crippen LogP contribution is -2.28. The zero-order valence-electron chi connectivity index (χ0n) is 11.6. The van der Waals surface area contributed by atoms with E-state index in [1.54, 1.807) is 18.2 Å². The van der Waals surface area contributed by atoms with Crippen molar-refractivity contribution in [2.24, 2.45) is 0 Å². The van der Waals surface area contributed by atoms with Gasteiger partial charge in [-0.2, -0.15) is 5.26 Å². The molecule has 112 valence electrons. The van der Waals surface area contributed by atoms with Gasteiger partial charge < -0.3 is 21.5 Å². The van der Waals surface area contributed by atoms with Crippen LogP contribution in [0.2, 0.25) is 5.02 Å². The van der Waals surface area contributed by atoms with Crippen molar-refractivity contribution >= 4 is 28.9 Å². The van der Waals surface area contributed by atoms with E-state index < -0.39 is 5.91 Å². The Bertz CT molecular complexity index is 577. The Kier molecular flexibility index (Phi) is 6.53. The maximum Gasteiger partial charge on any atom is 0.267 e. The number of hydrogen-bond donors (Lipinski definition) is 4. The monoisotopic (exact) mass is 308 g/mol. The fraction of sp³-hybridized carbons (Fsp3) is 0.286. The summed E-state index contributed by atoms with van der Waals surface area (Å²) >= 11 is 5.95. The number of rotatable bonds is 6. The number of carbonyl (C=O) groups excluding carboxylic acids is 1. The first-order chi connectivity index (χ1) is 10.0. The summed E-state index contributed by atoms with van der Waals surface area (Å²) in [6, 6.07) is 6.24. The number of anilines is 2. The third-order valence-corrected chi connectivity index (χ3v) is 3.10. The molecule has 1 amide bonds. The molecule has 1 unspecified atom stereocenters. The van der Waals surface area contributed by atoms with Crippen LogP contribution in [-0.2, 0) is 4.79 Å². The van der Waals surface area contributed by atoms with E-state index in [0.29, 0.717) is 17.8 Å². The number of halogens is 1. The molecular formula is C14H17ClN4O2. The van der Waals surface area contributed by atoms with Crippen LogP contribution in [0.1, 0.15) is 13.3 Å². The van der Waals surface area contributed by atoms with E-state index in [1.165, 1.54) is 12.3 Å². The van der Waals surface area contributed by atoms with Crippen LogP contribution in [0.15, 0.2) is 30.0 Å². The molecule has 0 saturated heterocycles. The van der Waals surface area contributed by atoms with Crippen LogP contribution in [0.3, 0.4) is 0 Å². The van der Waals surface area contributed by atoms with Gasteiger partial charge in [-0.25, -0.2) is 0 Å². The maximum atomic E-state index is 12.0. The average molecular weight is 309 g/mol. The van der Waals surface area contributed by atoms with Crippen LogP contribution in [0.4, 0.5) is 11.4 Å². The second-order valence-corrected chi connectivity index (χ2v) is 4.72. The Balaban J connectivity index is 2.80. The molecule has 1 aromatic carbocycles. The number of nitrogens with zero attached hydrogens (tertiary/aromatic N) is 1. The van der Waals surface area contributed by atoms with E-state index in [9.17, 15) is 4.79 Å². The van der Waals surface area contributed by atoms with Crippen molar-refractivity contribution in [2.45, 2.75) is 19.4 Å². The van der Waals surface area contributed by atoms with Gasteiger partial charge in [-0.3, -0.25) is 4.79 Å². The molecule has 1 atom stereocenters. The second kappa shape index (κ2) is 8.15. The minimum Gasteiger partial charge on any atom is -0.399 e. The molecule has 0 saturated carbocycles. The van der Waals surface area contributed by atoms with E-state index in [4.69, 9.17) is 27.7 Å². The van der Waals surface area contributed by atoms with Crippen LogP contribution in [0.25, 0.3) is 0 Å². The fourth-order valence-corrected chi connectivity index (χ4v) is 1.71. The molecule has 7 heteroatoms. The first kappa shape index (κ1) is 16.8. The SMILES string of the molecule is CCC(CO)N/C=C(/C#N)C(=O)Nc1ccc(N)cc1Cl. The molecule has 0 aliphatic heterocycles. The molecule has 0 bridgehead atoms. The molecule has 6 nitrogen and oxygen atoms in total. The van der Waals surface area contributed by atoms with Crippen molar-refractivity contribution in [3.05, 3.63) is 35.0 Å². The third kappa shape index (κ3) is 4.99. The molecule has 5 N–H and O–H groups in total. The smallest absolute Gasteiger partial charge is 0.267 e. The Morgan fingerprint density at radius 1 is 1.62 bits per heavy atom. The Labute approximate surface area is 128 Å². The second-order valence-electron chi connectivity index (χ2n) is 4.32. The summed E-state index contributed by atoms with van der Waals surface area (Å²) < 4.78 is 0. The van der Waals surface area contributed by atoms with Gasteiger partial charge in [0.05, 0.1) is 17.3 Å². The molecule has 0 aromatic heterocycles. The summed E-state index contributed by atoms with van der Waals surface area (Å²) in [5.41, 5.74) is 6.29. The zero-order chi connectivity index (χ0) is 15.8. The van der Waals surface area contributed by atoms with E-state index in [0.717, 1.165) is 0 Å². The summed E-state index contributed by atoms with van der Waals surface area (Å²) in [5.74, 6) is -0.593. The minimum atomic E-state index is -0.593. The van der Waals surface area contributed by atoms with Gasteiger partial charge in [0.1, 0.15) is 11.6 Å². The van der Waals surface area contributed by atoms with Gasteiger partial charge in [0.2, 0.25) is 0 Å². The predicted octanol–water partition coefficient (Wildman–Crippen LogP) is 1.63. The standard InChI is InChI=1S/C14H17ClN4O2/c1-2-11(8-20)18-7-9(6-16)14(21)19-13-4-3-10(17)5-12(13)15/h3-5,7,11,18,20H,2,8,17H2,1H3,(H,19,21)/b9-7-. The van der Waals surface area contributed by atoms with E-state index in [1.807, 2.05) is 6.92 Å². The minimum absolute atomic E-state index is 0.0862. The number of carbonyl (C=O) groups is 1. The lowest BCUT2D eigenvalue weighted by Gasteiger charge is -2.12. The Morgan fingerprint density at radius 2 is 2.33 bits per heavy atom. The highest BCUT2D eigenvalue weighted by molar-refractivity contribution is 6.34. The highest BCUT2D eigenvalue weighted by atomic mass is 35.5. The Morgan fingerprint density at radius 3 is 2.86 bits per heavy atom. The molecule has 0 spiro atoms. The number of benzene rings is 1. The van der Waals surface area contributed by atoms with Crippen molar-refractivity contribution in [1.82, 2.24) is 5.32 Å². The molecule has 0 fully saturated rings. The summed E-state index contributed by atoms with van der Waals surface area (Å²) in [6.07, 6.45) is 1.95. The highest BCUT2D eigenvalue weighted by Crippen LogP contribution is 2.24. The van der Waals surface area contributed by atoms with Gasteiger partial charge in [0.25, 0.3) is 5.91 Å². The predicted molar refractivity (Wildman–Crippen MR) is 82.5 cm³/mol. The molecule has 1 aromatic rings. The first-order valence-corrected chi connectivity index (χ1v) is 6.73. The van der Waals surface area contributed by atoms with Gasteiger partial charge in [-0.1, -0.05) is 18.5 Å². The van der Waals surface area contributed by atoms with Crippen LogP contribution < -0.4 is 16.4 Å². The van der Waals surface area contributed by atoms with Crippen molar-refractivity contribution in [3.8, 4) is 6.07 Å². The van der Waals surface area contributed by atoms with Crippen LogP contribution >= 0.6 is 11.6 Å². The van der Waals surface area contributed by atoms with Crippen molar-refractivity contribution < 1.29 is 9.90 Å². The summed E-state index contributed by atoms with van der Waals surface area (Å²) in [6.45, 7) is 1.79. The number of amides is 1. The van der Waals surface area contributed by atoms with E-state index >= 15 is 0 Å². The molecule has 1 rings (SSSR count). The number of nitriles is 1. The lowest BCUT2D eigenvalue weighted by atomic mass is 10.2. The maximum absolute atomic E-state index is 12.0.